The molecule has 2 heterocycles. The number of aromatic amines is 1. The van der Waals surface area contributed by atoms with Gasteiger partial charge in [0.05, 0.1) is 41.8 Å². The summed E-state index contributed by atoms with van der Waals surface area (Å²) in [4.78, 5) is 47.1. The molecule has 2 N–H and O–H groups in total. The molecule has 0 radical (unpaired) electrons. The van der Waals surface area contributed by atoms with Gasteiger partial charge in [-0.05, 0) is 73.9 Å². The van der Waals surface area contributed by atoms with Gasteiger partial charge in [0.2, 0.25) is 5.78 Å². The van der Waals surface area contributed by atoms with Gasteiger partial charge < -0.3 is 24.7 Å². The standard InChI is InChI=1S/C35H35F3N4O5/c1-41(12-13-42-14-16-46-17-15-42)34(45)24-5-2-4-23(18-24)33(44)40-29-11-10-27(47-26-6-3-7-26)21-28(29)32(43)31-19-22-8-9-25(35(36,37)38)20-30(22)39-31/h2,4-5,8-11,18-21,26,39H,3,6-7,12-17H2,1H3,(H,40,44). The predicted molar refractivity (Wildman–Crippen MR) is 170 cm³/mol. The van der Waals surface area contributed by atoms with E-state index in [0.29, 0.717) is 43.0 Å². The number of hydrogen-bond donors (Lipinski definition) is 2. The summed E-state index contributed by atoms with van der Waals surface area (Å²) >= 11 is 0. The van der Waals surface area contributed by atoms with Crippen molar-refractivity contribution in [2.75, 3.05) is 51.8 Å². The third-order valence-electron chi connectivity index (χ3n) is 8.61. The summed E-state index contributed by atoms with van der Waals surface area (Å²) < 4.78 is 51.3. The molecule has 2 fully saturated rings. The molecule has 2 amide bonds. The van der Waals surface area contributed by atoms with Gasteiger partial charge >= 0.3 is 6.18 Å². The lowest BCUT2D eigenvalue weighted by Gasteiger charge is -2.28. The molecule has 0 unspecified atom stereocenters. The van der Waals surface area contributed by atoms with Gasteiger partial charge in [-0.15, -0.1) is 0 Å². The lowest BCUT2D eigenvalue weighted by Crippen LogP contribution is -2.41. The second-order valence-electron chi connectivity index (χ2n) is 11.9. The van der Waals surface area contributed by atoms with Crippen LogP contribution in [-0.4, -0.2) is 84.9 Å². The van der Waals surface area contributed by atoms with Crippen LogP contribution in [0.15, 0.2) is 66.7 Å². The number of H-pyrrole nitrogens is 1. The minimum absolute atomic E-state index is 0.0273. The SMILES string of the molecule is CN(CCN1CCOCC1)C(=O)c1cccc(C(=O)Nc2ccc(OC3CCC3)cc2C(=O)c2cc3ccc(C(F)(F)F)cc3[nH]2)c1. The fourth-order valence-electron chi connectivity index (χ4n) is 5.57. The minimum Gasteiger partial charge on any atom is -0.490 e. The molecule has 1 aliphatic carbocycles. The molecule has 4 aromatic rings. The lowest BCUT2D eigenvalue weighted by molar-refractivity contribution is -0.137. The van der Waals surface area contributed by atoms with E-state index in [-0.39, 0.29) is 40.0 Å². The Balaban J connectivity index is 1.22. The predicted octanol–water partition coefficient (Wildman–Crippen LogP) is 6.01. The number of rotatable bonds is 10. The fourth-order valence-corrected chi connectivity index (χ4v) is 5.57. The average molecular weight is 649 g/mol. The summed E-state index contributed by atoms with van der Waals surface area (Å²) in [6.07, 6.45) is -1.68. The fraction of sp³-hybridized carbons (Fsp3) is 0.343. The van der Waals surface area contributed by atoms with Crippen molar-refractivity contribution in [1.82, 2.24) is 14.8 Å². The van der Waals surface area contributed by atoms with Crippen molar-refractivity contribution < 1.29 is 37.0 Å². The number of carbonyl (C=O) groups excluding carboxylic acids is 3. The number of anilines is 1. The van der Waals surface area contributed by atoms with Crippen molar-refractivity contribution in [2.45, 2.75) is 31.5 Å². The number of nitrogens with zero attached hydrogens (tertiary/aromatic N) is 2. The molecular formula is C35H35F3N4O5. The quantitative estimate of drug-likeness (QED) is 0.205. The van der Waals surface area contributed by atoms with Crippen molar-refractivity contribution >= 4 is 34.2 Å². The zero-order chi connectivity index (χ0) is 33.1. The number of hydrogen-bond acceptors (Lipinski definition) is 6. The van der Waals surface area contributed by atoms with Gasteiger partial charge in [0.15, 0.2) is 0 Å². The van der Waals surface area contributed by atoms with E-state index in [1.165, 1.54) is 24.3 Å². The first kappa shape index (κ1) is 32.3. The molecule has 0 spiro atoms. The van der Waals surface area contributed by atoms with Crippen molar-refractivity contribution in [3.63, 3.8) is 0 Å². The van der Waals surface area contributed by atoms with Crippen LogP contribution in [0, 0.1) is 0 Å². The third kappa shape index (κ3) is 7.50. The van der Waals surface area contributed by atoms with Crippen LogP contribution in [0.3, 0.4) is 0 Å². The van der Waals surface area contributed by atoms with Crippen LogP contribution < -0.4 is 10.1 Å². The Morgan fingerprint density at radius 1 is 1.00 bits per heavy atom. The summed E-state index contributed by atoms with van der Waals surface area (Å²) in [5.74, 6) is -0.855. The van der Waals surface area contributed by atoms with E-state index in [1.54, 1.807) is 42.3 Å². The van der Waals surface area contributed by atoms with Crippen LogP contribution in [0.4, 0.5) is 18.9 Å². The molecule has 2 aliphatic rings. The van der Waals surface area contributed by atoms with Crippen LogP contribution in [0.5, 0.6) is 5.75 Å². The number of likely N-dealkylation sites (N-methyl/N-ethyl adjacent to an activating group) is 1. The highest BCUT2D eigenvalue weighted by atomic mass is 19.4. The second kappa shape index (κ2) is 13.6. The highest BCUT2D eigenvalue weighted by molar-refractivity contribution is 6.16. The first-order valence-corrected chi connectivity index (χ1v) is 15.6. The van der Waals surface area contributed by atoms with Crippen LogP contribution in [0.1, 0.15) is 61.6 Å². The maximum Gasteiger partial charge on any atom is 0.416 e. The molecule has 1 aliphatic heterocycles. The molecule has 1 saturated carbocycles. The minimum atomic E-state index is -4.53. The number of fused-ring (bicyclic) bond motifs is 1. The van der Waals surface area contributed by atoms with Crippen molar-refractivity contribution in [1.29, 1.82) is 0 Å². The van der Waals surface area contributed by atoms with Crippen molar-refractivity contribution in [2.24, 2.45) is 0 Å². The van der Waals surface area contributed by atoms with Crippen molar-refractivity contribution in [3.05, 3.63) is 94.7 Å². The number of ketones is 1. The van der Waals surface area contributed by atoms with Crippen molar-refractivity contribution in [3.8, 4) is 5.75 Å². The van der Waals surface area contributed by atoms with Gasteiger partial charge in [-0.3, -0.25) is 19.3 Å². The number of carbonyl (C=O) groups is 3. The molecule has 246 valence electrons. The summed E-state index contributed by atoms with van der Waals surface area (Å²) in [7, 11) is 1.72. The monoisotopic (exact) mass is 648 g/mol. The number of amides is 2. The van der Waals surface area contributed by atoms with Gasteiger partial charge in [-0.2, -0.15) is 13.2 Å². The molecule has 1 aromatic heterocycles. The van der Waals surface area contributed by atoms with Crippen LogP contribution in [0.25, 0.3) is 10.9 Å². The first-order chi connectivity index (χ1) is 22.5. The molecule has 0 bridgehead atoms. The van der Waals surface area contributed by atoms with Gasteiger partial charge in [-0.25, -0.2) is 0 Å². The average Bonchev–Trinajstić information content (AvgIpc) is 3.49. The molecule has 12 heteroatoms. The highest BCUT2D eigenvalue weighted by Crippen LogP contribution is 2.33. The Hall–Kier alpha value is -4.68. The molecule has 3 aromatic carbocycles. The summed E-state index contributed by atoms with van der Waals surface area (Å²) in [5.41, 5.74) is 0.242. The zero-order valence-corrected chi connectivity index (χ0v) is 25.9. The Bertz CT molecular complexity index is 1790. The highest BCUT2D eigenvalue weighted by Gasteiger charge is 2.31. The number of aromatic nitrogens is 1. The Morgan fingerprint density at radius 3 is 2.49 bits per heavy atom. The van der Waals surface area contributed by atoms with E-state index < -0.39 is 23.4 Å². The van der Waals surface area contributed by atoms with Gasteiger partial charge in [0.1, 0.15) is 5.75 Å². The number of nitrogens with one attached hydrogen (secondary N) is 2. The van der Waals surface area contributed by atoms with Crippen LogP contribution in [0.2, 0.25) is 0 Å². The van der Waals surface area contributed by atoms with Gasteiger partial charge in [0, 0.05) is 55.3 Å². The maximum absolute atomic E-state index is 13.8. The number of ether oxygens (including phenoxy) is 2. The topological polar surface area (TPSA) is 104 Å². The molecule has 6 rings (SSSR count). The molecule has 0 atom stereocenters. The summed E-state index contributed by atoms with van der Waals surface area (Å²) in [6, 6.07) is 15.8. The number of halogens is 3. The Kier molecular flexibility index (Phi) is 9.33. The van der Waals surface area contributed by atoms with E-state index in [2.05, 4.69) is 15.2 Å². The molecule has 1 saturated heterocycles. The Labute approximate surface area is 269 Å². The van der Waals surface area contributed by atoms with Gasteiger partial charge in [-0.1, -0.05) is 12.1 Å². The largest absolute Gasteiger partial charge is 0.490 e. The van der Waals surface area contributed by atoms with E-state index in [4.69, 9.17) is 9.47 Å². The van der Waals surface area contributed by atoms with E-state index in [0.717, 1.165) is 44.5 Å². The van der Waals surface area contributed by atoms with Gasteiger partial charge in [0.25, 0.3) is 11.8 Å². The maximum atomic E-state index is 13.8. The van der Waals surface area contributed by atoms with E-state index >= 15 is 0 Å². The summed E-state index contributed by atoms with van der Waals surface area (Å²) in [5, 5.41) is 3.23. The smallest absolute Gasteiger partial charge is 0.416 e. The van der Waals surface area contributed by atoms with E-state index in [9.17, 15) is 27.6 Å². The molecular weight excluding hydrogens is 613 g/mol. The summed E-state index contributed by atoms with van der Waals surface area (Å²) in [6.45, 7) is 4.19. The number of benzene rings is 3. The van der Waals surface area contributed by atoms with Crippen LogP contribution >= 0.6 is 0 Å². The number of alkyl halides is 3. The number of morpholine rings is 1. The Morgan fingerprint density at radius 2 is 1.77 bits per heavy atom. The second-order valence-corrected chi connectivity index (χ2v) is 11.9. The molecule has 9 nitrogen and oxygen atoms in total. The van der Waals surface area contributed by atoms with E-state index in [1.807, 2.05) is 0 Å². The normalized spacial score (nSPS) is 15.7. The first-order valence-electron chi connectivity index (χ1n) is 15.6. The van der Waals surface area contributed by atoms with Crippen LogP contribution in [-0.2, 0) is 10.9 Å². The zero-order valence-electron chi connectivity index (χ0n) is 25.9. The lowest BCUT2D eigenvalue weighted by atomic mass is 9.96. The third-order valence-corrected chi connectivity index (χ3v) is 8.61. The molecule has 47 heavy (non-hydrogen) atoms.